The fourth-order valence-electron chi connectivity index (χ4n) is 4.90. The number of ketones is 1. The predicted molar refractivity (Wildman–Crippen MR) is 133 cm³/mol. The first-order valence-corrected chi connectivity index (χ1v) is 12.3. The van der Waals surface area contributed by atoms with Crippen LogP contribution in [0.2, 0.25) is 0 Å². The molecule has 1 aliphatic rings. The molecular weight excluding hydrogens is 390 g/mol. The van der Waals surface area contributed by atoms with Crippen LogP contribution in [0.1, 0.15) is 64.0 Å². The largest absolute Gasteiger partial charge is 0.299 e. The Balaban J connectivity index is 1.43. The van der Waals surface area contributed by atoms with Gasteiger partial charge in [0.25, 0.3) is 0 Å². The van der Waals surface area contributed by atoms with Gasteiger partial charge in [-0.15, -0.1) is 0 Å². The number of benzene rings is 2. The van der Waals surface area contributed by atoms with Gasteiger partial charge < -0.3 is 0 Å². The highest BCUT2D eigenvalue weighted by Crippen LogP contribution is 2.31. The molecule has 1 fully saturated rings. The summed E-state index contributed by atoms with van der Waals surface area (Å²) in [5.41, 5.74) is 5.54. The standard InChI is InChI=1S/C30H35NO/c1-23(29(32)22-18-24-11-5-2-6-12-24)17-19-27-20-21-28(25-13-7-3-8-14-25)30(31-27)26-15-9-4-10-16-26/h3-4,7-10,13-16,20-21,23-24H,2,5-6,11-12,17-19,22H2,1H3. The minimum Gasteiger partial charge on any atom is -0.299 e. The molecule has 166 valence electrons. The van der Waals surface area contributed by atoms with Crippen LogP contribution in [0.4, 0.5) is 0 Å². The van der Waals surface area contributed by atoms with E-state index < -0.39 is 0 Å². The molecule has 2 heteroatoms. The van der Waals surface area contributed by atoms with Crippen LogP contribution in [0.5, 0.6) is 0 Å². The maximum absolute atomic E-state index is 12.7. The van der Waals surface area contributed by atoms with Crippen LogP contribution in [0.15, 0.2) is 72.8 Å². The number of aromatic nitrogens is 1. The summed E-state index contributed by atoms with van der Waals surface area (Å²) < 4.78 is 0. The van der Waals surface area contributed by atoms with Crippen molar-refractivity contribution in [1.82, 2.24) is 4.98 Å². The zero-order valence-corrected chi connectivity index (χ0v) is 19.3. The van der Waals surface area contributed by atoms with Crippen molar-refractivity contribution in [2.75, 3.05) is 0 Å². The molecule has 0 N–H and O–H groups in total. The number of pyridine rings is 1. The van der Waals surface area contributed by atoms with Crippen molar-refractivity contribution < 1.29 is 4.79 Å². The van der Waals surface area contributed by atoms with E-state index in [9.17, 15) is 4.79 Å². The van der Waals surface area contributed by atoms with Crippen molar-refractivity contribution in [3.05, 3.63) is 78.5 Å². The Morgan fingerprint density at radius 3 is 2.22 bits per heavy atom. The predicted octanol–water partition coefficient (Wildman–Crippen LogP) is 7.91. The maximum atomic E-state index is 12.7. The fourth-order valence-corrected chi connectivity index (χ4v) is 4.90. The Morgan fingerprint density at radius 2 is 1.53 bits per heavy atom. The molecule has 0 saturated heterocycles. The van der Waals surface area contributed by atoms with Crippen molar-refractivity contribution in [1.29, 1.82) is 0 Å². The van der Waals surface area contributed by atoms with E-state index in [0.717, 1.165) is 54.1 Å². The van der Waals surface area contributed by atoms with Gasteiger partial charge >= 0.3 is 0 Å². The van der Waals surface area contributed by atoms with Gasteiger partial charge in [0.15, 0.2) is 0 Å². The lowest BCUT2D eigenvalue weighted by atomic mass is 9.84. The smallest absolute Gasteiger partial charge is 0.135 e. The third kappa shape index (κ3) is 5.94. The topological polar surface area (TPSA) is 30.0 Å². The van der Waals surface area contributed by atoms with Gasteiger partial charge in [-0.05, 0) is 36.8 Å². The summed E-state index contributed by atoms with van der Waals surface area (Å²) in [6.07, 6.45) is 10.3. The molecule has 1 unspecified atom stereocenters. The molecule has 4 rings (SSSR count). The second kappa shape index (κ2) is 11.2. The fraction of sp³-hybridized carbons (Fsp3) is 0.400. The van der Waals surface area contributed by atoms with E-state index >= 15 is 0 Å². The Kier molecular flexibility index (Phi) is 7.87. The third-order valence-electron chi connectivity index (χ3n) is 6.99. The molecule has 2 nitrogen and oxygen atoms in total. The number of rotatable bonds is 9. The number of carbonyl (C=O) groups excluding carboxylic acids is 1. The summed E-state index contributed by atoms with van der Waals surface area (Å²) in [6.45, 7) is 2.10. The van der Waals surface area contributed by atoms with Gasteiger partial charge in [0.05, 0.1) is 5.69 Å². The van der Waals surface area contributed by atoms with Crippen LogP contribution >= 0.6 is 0 Å². The van der Waals surface area contributed by atoms with Crippen LogP contribution < -0.4 is 0 Å². The van der Waals surface area contributed by atoms with E-state index in [0.29, 0.717) is 5.78 Å². The first kappa shape index (κ1) is 22.5. The van der Waals surface area contributed by atoms with Crippen LogP contribution in [0, 0.1) is 11.8 Å². The molecule has 32 heavy (non-hydrogen) atoms. The van der Waals surface area contributed by atoms with Gasteiger partial charge in [-0.3, -0.25) is 9.78 Å². The van der Waals surface area contributed by atoms with Gasteiger partial charge in [-0.1, -0.05) is 106 Å². The minimum atomic E-state index is 0.106. The first-order chi connectivity index (χ1) is 15.7. The van der Waals surface area contributed by atoms with E-state index in [4.69, 9.17) is 4.98 Å². The third-order valence-corrected chi connectivity index (χ3v) is 6.99. The van der Waals surface area contributed by atoms with E-state index in [1.54, 1.807) is 0 Å². The van der Waals surface area contributed by atoms with Crippen molar-refractivity contribution in [2.45, 2.75) is 64.7 Å². The average molecular weight is 426 g/mol. The molecule has 0 aliphatic heterocycles. The lowest BCUT2D eigenvalue weighted by Gasteiger charge is -2.21. The highest BCUT2D eigenvalue weighted by Gasteiger charge is 2.18. The second-order valence-electron chi connectivity index (χ2n) is 9.38. The van der Waals surface area contributed by atoms with E-state index in [1.165, 1.54) is 37.7 Å². The van der Waals surface area contributed by atoms with Gasteiger partial charge in [0.1, 0.15) is 5.78 Å². The Labute approximate surface area is 193 Å². The Bertz CT molecular complexity index is 990. The van der Waals surface area contributed by atoms with Crippen molar-refractivity contribution in [3.8, 4) is 22.4 Å². The average Bonchev–Trinajstić information content (AvgIpc) is 2.87. The summed E-state index contributed by atoms with van der Waals surface area (Å²) in [5.74, 6) is 1.31. The van der Waals surface area contributed by atoms with Crippen LogP contribution in [0.3, 0.4) is 0 Å². The van der Waals surface area contributed by atoms with Crippen LogP contribution in [0.25, 0.3) is 22.4 Å². The second-order valence-corrected chi connectivity index (χ2v) is 9.38. The maximum Gasteiger partial charge on any atom is 0.135 e. The Morgan fingerprint density at radius 1 is 0.875 bits per heavy atom. The molecular formula is C30H35NO. The molecule has 0 spiro atoms. The minimum absolute atomic E-state index is 0.106. The number of carbonyl (C=O) groups is 1. The molecule has 1 aliphatic carbocycles. The number of hydrogen-bond acceptors (Lipinski definition) is 2. The molecule has 2 aromatic carbocycles. The molecule has 1 heterocycles. The van der Waals surface area contributed by atoms with Gasteiger partial charge in [0, 0.05) is 29.2 Å². The van der Waals surface area contributed by atoms with E-state index in [2.05, 4.69) is 67.6 Å². The zero-order chi connectivity index (χ0) is 22.2. The van der Waals surface area contributed by atoms with Crippen molar-refractivity contribution >= 4 is 5.78 Å². The molecule has 0 bridgehead atoms. The quantitative estimate of drug-likeness (QED) is 0.348. The summed E-state index contributed by atoms with van der Waals surface area (Å²) in [6, 6.07) is 25.2. The summed E-state index contributed by atoms with van der Waals surface area (Å²) in [7, 11) is 0. The van der Waals surface area contributed by atoms with Gasteiger partial charge in [0.2, 0.25) is 0 Å². The Hall–Kier alpha value is -2.74. The first-order valence-electron chi connectivity index (χ1n) is 12.3. The number of Topliss-reactive ketones (excluding diaryl/α,β-unsaturated/α-hetero) is 1. The molecule has 1 saturated carbocycles. The van der Waals surface area contributed by atoms with Crippen LogP contribution in [-0.2, 0) is 11.2 Å². The summed E-state index contributed by atoms with van der Waals surface area (Å²) >= 11 is 0. The van der Waals surface area contributed by atoms with Crippen LogP contribution in [-0.4, -0.2) is 10.8 Å². The monoisotopic (exact) mass is 425 g/mol. The molecule has 0 amide bonds. The molecule has 1 atom stereocenters. The highest BCUT2D eigenvalue weighted by atomic mass is 16.1. The lowest BCUT2D eigenvalue weighted by Crippen LogP contribution is -2.15. The normalized spacial score (nSPS) is 15.4. The lowest BCUT2D eigenvalue weighted by molar-refractivity contribution is -0.122. The summed E-state index contributed by atoms with van der Waals surface area (Å²) in [5, 5.41) is 0. The number of hydrogen-bond donors (Lipinski definition) is 0. The van der Waals surface area contributed by atoms with Gasteiger partial charge in [-0.25, -0.2) is 0 Å². The molecule has 0 radical (unpaired) electrons. The molecule has 3 aromatic rings. The number of aryl methyl sites for hydroxylation is 1. The summed E-state index contributed by atoms with van der Waals surface area (Å²) in [4.78, 5) is 17.8. The van der Waals surface area contributed by atoms with Crippen molar-refractivity contribution in [3.63, 3.8) is 0 Å². The van der Waals surface area contributed by atoms with Gasteiger partial charge in [-0.2, -0.15) is 0 Å². The van der Waals surface area contributed by atoms with E-state index in [-0.39, 0.29) is 5.92 Å². The van der Waals surface area contributed by atoms with E-state index in [1.807, 2.05) is 12.1 Å². The SMILES string of the molecule is CC(CCc1ccc(-c2ccccc2)c(-c2ccccc2)n1)C(=O)CCC1CCCCC1. The molecule has 1 aromatic heterocycles. The number of nitrogens with zero attached hydrogens (tertiary/aromatic N) is 1. The van der Waals surface area contributed by atoms with Crippen molar-refractivity contribution in [2.24, 2.45) is 11.8 Å². The highest BCUT2D eigenvalue weighted by molar-refractivity contribution is 5.81. The zero-order valence-electron chi connectivity index (χ0n) is 19.3.